The molecule has 0 amide bonds. The molecular weight excluding hydrogens is 464 g/mol. The normalized spacial score (nSPS) is 16.0. The van der Waals surface area contributed by atoms with E-state index in [2.05, 4.69) is 61.3 Å². The van der Waals surface area contributed by atoms with Crippen LogP contribution in [-0.4, -0.2) is 64.5 Å². The maximum absolute atomic E-state index is 14.2. The lowest BCUT2D eigenvalue weighted by Gasteiger charge is -2.34. The van der Waals surface area contributed by atoms with Gasteiger partial charge in [-0.05, 0) is 31.3 Å². The molecule has 4 heterocycles. The van der Waals surface area contributed by atoms with E-state index >= 15 is 0 Å². The molecule has 0 unspecified atom stereocenters. The number of aromatic amines is 1. The monoisotopic (exact) mass is 489 g/mol. The van der Waals surface area contributed by atoms with Crippen molar-refractivity contribution in [2.75, 3.05) is 38.1 Å². The first-order chi connectivity index (χ1) is 17.5. The molecule has 10 heteroatoms. The molecule has 1 saturated heterocycles. The Kier molecular flexibility index (Phi) is 5.73. The summed E-state index contributed by atoms with van der Waals surface area (Å²) >= 11 is 0. The van der Waals surface area contributed by atoms with Gasteiger partial charge < -0.3 is 19.3 Å². The maximum atomic E-state index is 14.2. The zero-order valence-corrected chi connectivity index (χ0v) is 19.8. The lowest BCUT2D eigenvalue weighted by Crippen LogP contribution is -2.44. The van der Waals surface area contributed by atoms with Crippen LogP contribution in [0.1, 0.15) is 17.1 Å². The number of piperazine rings is 1. The molecule has 2 aliphatic heterocycles. The van der Waals surface area contributed by atoms with Crippen LogP contribution in [0.25, 0.3) is 22.6 Å². The van der Waals surface area contributed by atoms with Crippen molar-refractivity contribution >= 4 is 11.9 Å². The van der Waals surface area contributed by atoms with Gasteiger partial charge in [0.05, 0.1) is 30.6 Å². The lowest BCUT2D eigenvalue weighted by molar-refractivity contribution is 0.229. The number of aromatic nitrogens is 3. The number of anilines is 1. The predicted octanol–water partition coefficient (Wildman–Crippen LogP) is 4.11. The highest BCUT2D eigenvalue weighted by atomic mass is 19.2. The Labute approximate surface area is 206 Å². The number of nitrogens with zero attached hydrogens (tertiary/aromatic N) is 6. The van der Waals surface area contributed by atoms with Crippen molar-refractivity contribution in [3.8, 4) is 22.6 Å². The van der Waals surface area contributed by atoms with E-state index in [0.29, 0.717) is 24.5 Å². The second-order valence-electron chi connectivity index (χ2n) is 9.13. The maximum Gasteiger partial charge on any atom is 0.169 e. The number of hydrogen-bond acceptors (Lipinski definition) is 7. The van der Waals surface area contributed by atoms with E-state index in [1.165, 1.54) is 17.8 Å². The van der Waals surface area contributed by atoms with Gasteiger partial charge in [-0.3, -0.25) is 5.01 Å². The molecule has 0 radical (unpaired) electrons. The van der Waals surface area contributed by atoms with Gasteiger partial charge in [-0.2, -0.15) is 5.10 Å². The first-order valence-corrected chi connectivity index (χ1v) is 11.9. The van der Waals surface area contributed by atoms with Crippen molar-refractivity contribution in [3.05, 3.63) is 77.3 Å². The van der Waals surface area contributed by atoms with E-state index in [4.69, 9.17) is 4.52 Å². The summed E-state index contributed by atoms with van der Waals surface area (Å²) in [4.78, 5) is 12.2. The number of H-pyrrole nitrogens is 1. The molecule has 0 atom stereocenters. The van der Waals surface area contributed by atoms with Crippen molar-refractivity contribution in [2.45, 2.75) is 13.1 Å². The summed E-state index contributed by atoms with van der Waals surface area (Å²) < 4.78 is 33.4. The molecule has 2 aromatic carbocycles. The molecule has 2 aliphatic rings. The predicted molar refractivity (Wildman–Crippen MR) is 132 cm³/mol. The zero-order chi connectivity index (χ0) is 24.6. The fourth-order valence-electron chi connectivity index (χ4n) is 4.53. The zero-order valence-electron chi connectivity index (χ0n) is 19.8. The average Bonchev–Trinajstić information content (AvgIpc) is 3.53. The average molecular weight is 490 g/mol. The number of imidazole rings is 1. The molecule has 8 nitrogen and oxygen atoms in total. The smallest absolute Gasteiger partial charge is 0.169 e. The van der Waals surface area contributed by atoms with Crippen molar-refractivity contribution in [1.82, 2.24) is 25.0 Å². The Hall–Kier alpha value is -4.05. The summed E-state index contributed by atoms with van der Waals surface area (Å²) in [5.74, 6) is -0.896. The summed E-state index contributed by atoms with van der Waals surface area (Å²) in [6.07, 6.45) is 1.60. The van der Waals surface area contributed by atoms with Crippen LogP contribution in [0.3, 0.4) is 0 Å². The van der Waals surface area contributed by atoms with Crippen molar-refractivity contribution in [2.24, 2.45) is 5.10 Å². The largest absolute Gasteiger partial charge is 0.369 e. The number of nitrogens with one attached hydrogen (secondary N) is 1. The van der Waals surface area contributed by atoms with Gasteiger partial charge in [0.15, 0.2) is 17.4 Å². The summed E-state index contributed by atoms with van der Waals surface area (Å²) in [6.45, 7) is 5.01. The summed E-state index contributed by atoms with van der Waals surface area (Å²) in [6, 6.07) is 14.3. The number of rotatable bonds is 5. The molecule has 184 valence electrons. The minimum absolute atomic E-state index is 0.0860. The van der Waals surface area contributed by atoms with Gasteiger partial charge in [0.25, 0.3) is 0 Å². The van der Waals surface area contributed by atoms with E-state index in [1.807, 2.05) is 6.07 Å². The molecule has 0 bridgehead atoms. The number of likely N-dealkylation sites (N-methyl/N-ethyl adjacent to an activating group) is 1. The van der Waals surface area contributed by atoms with E-state index in [0.717, 1.165) is 49.2 Å². The van der Waals surface area contributed by atoms with Crippen LogP contribution in [0.4, 0.5) is 14.5 Å². The summed E-state index contributed by atoms with van der Waals surface area (Å²) in [7, 11) is 2.15. The van der Waals surface area contributed by atoms with Crippen LogP contribution in [0.15, 0.2) is 58.2 Å². The fourth-order valence-corrected chi connectivity index (χ4v) is 4.53. The molecular formula is C26H25F2N7O. The van der Waals surface area contributed by atoms with Crippen LogP contribution in [0.2, 0.25) is 0 Å². The van der Waals surface area contributed by atoms with Crippen molar-refractivity contribution < 1.29 is 13.3 Å². The Morgan fingerprint density at radius 1 is 1.03 bits per heavy atom. The molecule has 36 heavy (non-hydrogen) atoms. The van der Waals surface area contributed by atoms with Crippen LogP contribution < -0.4 is 4.90 Å². The molecule has 6 rings (SSSR count). The van der Waals surface area contributed by atoms with Gasteiger partial charge in [-0.15, -0.1) is 0 Å². The van der Waals surface area contributed by atoms with Crippen molar-refractivity contribution in [3.63, 3.8) is 0 Å². The number of hydrogen-bond donors (Lipinski definition) is 1. The second kappa shape index (κ2) is 9.19. The molecule has 2 aromatic heterocycles. The Bertz CT molecular complexity index is 1400. The minimum Gasteiger partial charge on any atom is -0.369 e. The first-order valence-electron chi connectivity index (χ1n) is 11.9. The molecule has 4 aromatic rings. The molecule has 0 aliphatic carbocycles. The first kappa shape index (κ1) is 22.4. The van der Waals surface area contributed by atoms with E-state index < -0.39 is 11.6 Å². The third kappa shape index (κ3) is 4.35. The SMILES string of the molecule is CN1CCN(c2ccc(-c3cc(CN4Cc5[nH]c(-c6cccc(F)c6F)nc5C=N4)on3)cc2)CC1. The number of halogens is 2. The lowest BCUT2D eigenvalue weighted by atomic mass is 10.1. The third-order valence-corrected chi connectivity index (χ3v) is 6.63. The van der Waals surface area contributed by atoms with Crippen LogP contribution in [-0.2, 0) is 13.1 Å². The van der Waals surface area contributed by atoms with Gasteiger partial charge in [0.2, 0.25) is 0 Å². The quantitative estimate of drug-likeness (QED) is 0.455. The van der Waals surface area contributed by atoms with E-state index in [-0.39, 0.29) is 11.4 Å². The number of benzene rings is 2. The van der Waals surface area contributed by atoms with Crippen molar-refractivity contribution in [1.29, 1.82) is 0 Å². The van der Waals surface area contributed by atoms with Gasteiger partial charge in [-0.1, -0.05) is 23.4 Å². The van der Waals surface area contributed by atoms with Gasteiger partial charge in [0, 0.05) is 43.5 Å². The minimum atomic E-state index is -0.928. The van der Waals surface area contributed by atoms with Gasteiger partial charge in [0.1, 0.15) is 17.2 Å². The third-order valence-electron chi connectivity index (χ3n) is 6.63. The van der Waals surface area contributed by atoms with E-state index in [9.17, 15) is 8.78 Å². The summed E-state index contributed by atoms with van der Waals surface area (Å²) in [5.41, 5.74) is 4.42. The highest BCUT2D eigenvalue weighted by molar-refractivity contribution is 5.80. The van der Waals surface area contributed by atoms with Crippen LogP contribution in [0, 0.1) is 11.6 Å². The summed E-state index contributed by atoms with van der Waals surface area (Å²) in [5, 5.41) is 10.5. The molecule has 1 N–H and O–H groups in total. The standard InChI is InChI=1S/C26H25F2N7O/c1-33-9-11-34(12-10-33)18-7-5-17(6-8-18)22-13-19(36-32-22)15-35-16-24-23(14-29-35)30-26(31-24)20-3-2-4-21(27)25(20)28/h2-8,13-14H,9-12,15-16H2,1H3,(H,30,31). The van der Waals surface area contributed by atoms with Gasteiger partial charge >= 0.3 is 0 Å². The Morgan fingerprint density at radius 2 is 1.83 bits per heavy atom. The fraction of sp³-hybridized carbons (Fsp3) is 0.269. The topological polar surface area (TPSA) is 76.8 Å². The highest BCUT2D eigenvalue weighted by Gasteiger charge is 2.21. The molecule has 0 saturated carbocycles. The highest BCUT2D eigenvalue weighted by Crippen LogP contribution is 2.27. The number of hydrazone groups is 1. The Balaban J connectivity index is 1.12. The Morgan fingerprint density at radius 3 is 2.64 bits per heavy atom. The number of fused-ring (bicyclic) bond motifs is 1. The van der Waals surface area contributed by atoms with Crippen LogP contribution in [0.5, 0.6) is 0 Å². The van der Waals surface area contributed by atoms with Gasteiger partial charge in [-0.25, -0.2) is 13.8 Å². The molecule has 1 fully saturated rings. The van der Waals surface area contributed by atoms with Crippen LogP contribution >= 0.6 is 0 Å². The van der Waals surface area contributed by atoms with E-state index in [1.54, 1.807) is 11.2 Å². The molecule has 0 spiro atoms. The second-order valence-corrected chi connectivity index (χ2v) is 9.13.